The summed E-state index contributed by atoms with van der Waals surface area (Å²) in [6.45, 7) is 0.391. The van der Waals surface area contributed by atoms with E-state index in [9.17, 15) is 4.79 Å². The molecular formula is C10H9ClO3. The lowest BCUT2D eigenvalue weighted by atomic mass is 10.0. The predicted octanol–water partition coefficient (Wildman–Crippen LogP) is 2.31. The fourth-order valence-electron chi connectivity index (χ4n) is 1.47. The predicted molar refractivity (Wildman–Crippen MR) is 52.4 cm³/mol. The molecular weight excluding hydrogens is 204 g/mol. The number of ether oxygens (including phenoxy) is 2. The van der Waals surface area contributed by atoms with E-state index in [0.717, 1.165) is 0 Å². The molecule has 0 saturated carbocycles. The molecule has 0 N–H and O–H groups in total. The number of carbonyl (C=O) groups excluding carboxylic acids is 1. The minimum atomic E-state index is 0.00940. The van der Waals surface area contributed by atoms with Crippen molar-refractivity contribution in [2.45, 2.75) is 6.42 Å². The summed E-state index contributed by atoms with van der Waals surface area (Å²) in [4.78, 5) is 11.6. The highest BCUT2D eigenvalue weighted by atomic mass is 35.5. The fraction of sp³-hybridized carbons (Fsp3) is 0.300. The van der Waals surface area contributed by atoms with Crippen LogP contribution in [0.3, 0.4) is 0 Å². The molecule has 74 valence electrons. The summed E-state index contributed by atoms with van der Waals surface area (Å²) in [5.41, 5.74) is 0.442. The van der Waals surface area contributed by atoms with E-state index in [1.807, 2.05) is 0 Å². The molecule has 0 amide bonds. The average Bonchev–Trinajstić information content (AvgIpc) is 2.18. The molecule has 1 aromatic carbocycles. The summed E-state index contributed by atoms with van der Waals surface area (Å²) in [7, 11) is 1.53. The molecule has 2 rings (SSSR count). The molecule has 0 bridgehead atoms. The van der Waals surface area contributed by atoms with Gasteiger partial charge < -0.3 is 9.47 Å². The average molecular weight is 213 g/mol. The van der Waals surface area contributed by atoms with Gasteiger partial charge in [0.2, 0.25) is 0 Å². The van der Waals surface area contributed by atoms with E-state index in [0.29, 0.717) is 35.1 Å². The molecule has 0 saturated heterocycles. The second-order valence-corrected chi connectivity index (χ2v) is 3.38. The molecule has 14 heavy (non-hydrogen) atoms. The molecule has 3 nitrogen and oxygen atoms in total. The lowest BCUT2D eigenvalue weighted by Crippen LogP contribution is -2.16. The number of Topliss-reactive ketones (excluding diaryl/α,β-unsaturated/α-hetero) is 1. The van der Waals surface area contributed by atoms with Crippen molar-refractivity contribution in [1.82, 2.24) is 0 Å². The van der Waals surface area contributed by atoms with Crippen LogP contribution in [0.25, 0.3) is 0 Å². The molecule has 1 aliphatic heterocycles. The Hall–Kier alpha value is -1.22. The Morgan fingerprint density at radius 2 is 2.29 bits per heavy atom. The Bertz CT molecular complexity index is 387. The van der Waals surface area contributed by atoms with Gasteiger partial charge in [0, 0.05) is 6.42 Å². The van der Waals surface area contributed by atoms with E-state index in [2.05, 4.69) is 0 Å². The molecule has 1 heterocycles. The quantitative estimate of drug-likeness (QED) is 0.717. The summed E-state index contributed by atoms with van der Waals surface area (Å²) in [5.74, 6) is 1.03. The largest absolute Gasteiger partial charge is 0.493 e. The molecule has 0 unspecified atom stereocenters. The van der Waals surface area contributed by atoms with Crippen LogP contribution >= 0.6 is 11.6 Å². The van der Waals surface area contributed by atoms with Crippen LogP contribution in [0.4, 0.5) is 0 Å². The first-order valence-corrected chi connectivity index (χ1v) is 4.64. The zero-order valence-corrected chi connectivity index (χ0v) is 8.43. The third-order valence-electron chi connectivity index (χ3n) is 2.14. The fourth-order valence-corrected chi connectivity index (χ4v) is 1.73. The normalized spacial score (nSPS) is 14.6. The van der Waals surface area contributed by atoms with Crippen molar-refractivity contribution in [1.29, 1.82) is 0 Å². The van der Waals surface area contributed by atoms with Crippen molar-refractivity contribution in [2.24, 2.45) is 0 Å². The first kappa shape index (κ1) is 9.34. The molecule has 1 aromatic rings. The van der Waals surface area contributed by atoms with Crippen LogP contribution in [0.1, 0.15) is 16.8 Å². The Kier molecular flexibility index (Phi) is 2.33. The summed E-state index contributed by atoms with van der Waals surface area (Å²) in [6.07, 6.45) is 0.375. The molecule has 1 aliphatic rings. The van der Waals surface area contributed by atoms with Gasteiger partial charge >= 0.3 is 0 Å². The van der Waals surface area contributed by atoms with Crippen molar-refractivity contribution >= 4 is 17.4 Å². The molecule has 0 aliphatic carbocycles. The number of rotatable bonds is 1. The standard InChI is InChI=1S/C10H9ClO3/c1-13-8-3-2-6(11)9-7(12)4-5-14-10(8)9/h2-3H,4-5H2,1H3. The SMILES string of the molecule is COc1ccc(Cl)c2c1OCCC2=O. The topological polar surface area (TPSA) is 35.5 Å². The van der Waals surface area contributed by atoms with E-state index in [1.165, 1.54) is 7.11 Å². The third kappa shape index (κ3) is 1.34. The zero-order chi connectivity index (χ0) is 10.1. The summed E-state index contributed by atoms with van der Waals surface area (Å²) in [6, 6.07) is 3.34. The summed E-state index contributed by atoms with van der Waals surface area (Å²) >= 11 is 5.91. The zero-order valence-electron chi connectivity index (χ0n) is 7.67. The van der Waals surface area contributed by atoms with Crippen LogP contribution in [0.5, 0.6) is 11.5 Å². The molecule has 0 fully saturated rings. The van der Waals surface area contributed by atoms with Gasteiger partial charge in [-0.15, -0.1) is 0 Å². The van der Waals surface area contributed by atoms with Crippen molar-refractivity contribution in [3.63, 3.8) is 0 Å². The maximum atomic E-state index is 11.6. The van der Waals surface area contributed by atoms with Gasteiger partial charge in [-0.2, -0.15) is 0 Å². The van der Waals surface area contributed by atoms with E-state index < -0.39 is 0 Å². The van der Waals surface area contributed by atoms with Crippen molar-refractivity contribution < 1.29 is 14.3 Å². The molecule has 0 radical (unpaired) electrons. The number of hydrogen-bond acceptors (Lipinski definition) is 3. The van der Waals surface area contributed by atoms with Crippen LogP contribution in [-0.2, 0) is 0 Å². The van der Waals surface area contributed by atoms with E-state index in [1.54, 1.807) is 12.1 Å². The Balaban J connectivity index is 2.63. The monoisotopic (exact) mass is 212 g/mol. The van der Waals surface area contributed by atoms with Gasteiger partial charge in [-0.1, -0.05) is 11.6 Å². The highest BCUT2D eigenvalue weighted by Crippen LogP contribution is 2.38. The maximum absolute atomic E-state index is 11.6. The van der Waals surface area contributed by atoms with Crippen LogP contribution in [0.15, 0.2) is 12.1 Å². The van der Waals surface area contributed by atoms with Gasteiger partial charge in [0.05, 0.1) is 24.3 Å². The number of ketones is 1. The van der Waals surface area contributed by atoms with E-state index >= 15 is 0 Å². The maximum Gasteiger partial charge on any atom is 0.173 e. The van der Waals surface area contributed by atoms with Gasteiger partial charge in [-0.25, -0.2) is 0 Å². The highest BCUT2D eigenvalue weighted by molar-refractivity contribution is 6.34. The van der Waals surface area contributed by atoms with Crippen LogP contribution in [0, 0.1) is 0 Å². The highest BCUT2D eigenvalue weighted by Gasteiger charge is 2.24. The summed E-state index contributed by atoms with van der Waals surface area (Å²) < 4.78 is 10.4. The van der Waals surface area contributed by atoms with Gasteiger partial charge in [-0.3, -0.25) is 4.79 Å². The van der Waals surface area contributed by atoms with Gasteiger partial charge in [0.25, 0.3) is 0 Å². The van der Waals surface area contributed by atoms with E-state index in [-0.39, 0.29) is 5.78 Å². The number of carbonyl (C=O) groups is 1. The first-order valence-electron chi connectivity index (χ1n) is 4.26. The van der Waals surface area contributed by atoms with Gasteiger partial charge in [0.1, 0.15) is 0 Å². The molecule has 0 aromatic heterocycles. The number of hydrogen-bond donors (Lipinski definition) is 0. The first-order chi connectivity index (χ1) is 6.74. The number of methoxy groups -OCH3 is 1. The Labute approximate surface area is 86.6 Å². The van der Waals surface area contributed by atoms with Crippen LogP contribution < -0.4 is 9.47 Å². The second-order valence-electron chi connectivity index (χ2n) is 2.98. The minimum absolute atomic E-state index is 0.00940. The van der Waals surface area contributed by atoms with Crippen molar-refractivity contribution in [3.05, 3.63) is 22.7 Å². The van der Waals surface area contributed by atoms with Crippen molar-refractivity contribution in [3.8, 4) is 11.5 Å². The second kappa shape index (κ2) is 3.50. The van der Waals surface area contributed by atoms with Gasteiger partial charge in [0.15, 0.2) is 17.3 Å². The molecule has 4 heteroatoms. The van der Waals surface area contributed by atoms with E-state index in [4.69, 9.17) is 21.1 Å². The molecule has 0 spiro atoms. The van der Waals surface area contributed by atoms with Crippen LogP contribution in [-0.4, -0.2) is 19.5 Å². The summed E-state index contributed by atoms with van der Waals surface area (Å²) in [5, 5.41) is 0.422. The van der Waals surface area contributed by atoms with Crippen LogP contribution in [0.2, 0.25) is 5.02 Å². The third-order valence-corrected chi connectivity index (χ3v) is 2.46. The number of fused-ring (bicyclic) bond motifs is 1. The lowest BCUT2D eigenvalue weighted by molar-refractivity contribution is 0.0930. The Morgan fingerprint density at radius 3 is 3.00 bits per heavy atom. The lowest BCUT2D eigenvalue weighted by Gasteiger charge is -2.19. The number of benzene rings is 1. The van der Waals surface area contributed by atoms with Crippen molar-refractivity contribution in [2.75, 3.05) is 13.7 Å². The smallest absolute Gasteiger partial charge is 0.173 e. The van der Waals surface area contributed by atoms with Gasteiger partial charge in [-0.05, 0) is 12.1 Å². The molecule has 0 atom stereocenters. The minimum Gasteiger partial charge on any atom is -0.493 e. The number of halogens is 1. The Morgan fingerprint density at radius 1 is 1.50 bits per heavy atom.